The molecule has 0 aromatic heterocycles. The molecule has 3 amide bonds. The minimum Gasteiger partial charge on any atom is -0.667 e. The SMILES string of the molecule is CC(CC(=O)O)NC(=O)[C@@H]1CCCN2C(=O)CC[C@H]([NH-])C(=O)N12.[Y]. The third-order valence-electron chi connectivity index (χ3n) is 4.03. The van der Waals surface area contributed by atoms with Gasteiger partial charge in [0, 0.05) is 51.7 Å². The summed E-state index contributed by atoms with van der Waals surface area (Å²) < 4.78 is 0. The summed E-state index contributed by atoms with van der Waals surface area (Å²) >= 11 is 0. The van der Waals surface area contributed by atoms with Crippen LogP contribution >= 0.6 is 0 Å². The van der Waals surface area contributed by atoms with Crippen molar-refractivity contribution in [3.63, 3.8) is 0 Å². The van der Waals surface area contributed by atoms with Crippen LogP contribution in [0.15, 0.2) is 0 Å². The zero-order chi connectivity index (χ0) is 17.1. The summed E-state index contributed by atoms with van der Waals surface area (Å²) in [7, 11) is 0. The number of amides is 3. The fourth-order valence-electron chi connectivity index (χ4n) is 2.92. The smallest absolute Gasteiger partial charge is 0.305 e. The molecule has 0 aromatic carbocycles. The van der Waals surface area contributed by atoms with Crippen molar-refractivity contribution < 1.29 is 57.0 Å². The van der Waals surface area contributed by atoms with Crippen molar-refractivity contribution in [1.29, 1.82) is 0 Å². The molecule has 24 heavy (non-hydrogen) atoms. The Bertz CT molecular complexity index is 529. The molecule has 1 radical (unpaired) electrons. The Morgan fingerprint density at radius 2 is 2.04 bits per heavy atom. The molecule has 3 atom stereocenters. The molecular formula is C14H21N4O5Y-. The molecule has 1 unspecified atom stereocenters. The monoisotopic (exact) mass is 414 g/mol. The minimum atomic E-state index is -1.06. The maximum atomic E-state index is 12.4. The standard InChI is InChI=1S/C14H21N4O5.Y/c1-8(7-12(20)21)16-13(22)10-3-2-6-17-11(19)5-4-9(15)14(23)18(10)17;/h8-10,15H,2-7H2,1H3,(H,16,22)(H,20,21);/q-1;/t8?,9-,10-;/m0./s1. The summed E-state index contributed by atoms with van der Waals surface area (Å²) in [6.07, 6.45) is 0.988. The van der Waals surface area contributed by atoms with Crippen LogP contribution in [0.2, 0.25) is 0 Å². The van der Waals surface area contributed by atoms with Crippen molar-refractivity contribution in [1.82, 2.24) is 15.3 Å². The maximum Gasteiger partial charge on any atom is 0.305 e. The van der Waals surface area contributed by atoms with E-state index in [1.165, 1.54) is 5.01 Å². The number of hydrogen-bond acceptors (Lipinski definition) is 4. The Kier molecular flexibility index (Phi) is 7.76. The van der Waals surface area contributed by atoms with E-state index >= 15 is 0 Å². The van der Waals surface area contributed by atoms with Gasteiger partial charge in [0.1, 0.15) is 6.04 Å². The molecule has 0 spiro atoms. The molecule has 2 rings (SSSR count). The molecule has 3 N–H and O–H groups in total. The van der Waals surface area contributed by atoms with Crippen LogP contribution < -0.4 is 5.32 Å². The predicted molar refractivity (Wildman–Crippen MR) is 78.8 cm³/mol. The van der Waals surface area contributed by atoms with E-state index in [1.54, 1.807) is 6.92 Å². The molecule has 2 aliphatic heterocycles. The van der Waals surface area contributed by atoms with E-state index in [-0.39, 0.29) is 57.9 Å². The molecule has 10 heteroatoms. The Balaban J connectivity index is 0.00000288. The molecule has 0 aromatic rings. The van der Waals surface area contributed by atoms with Gasteiger partial charge in [-0.3, -0.25) is 24.2 Å². The van der Waals surface area contributed by atoms with Gasteiger partial charge in [-0.25, -0.2) is 5.01 Å². The van der Waals surface area contributed by atoms with E-state index in [9.17, 15) is 19.2 Å². The van der Waals surface area contributed by atoms with Crippen LogP contribution in [0.25, 0.3) is 5.73 Å². The van der Waals surface area contributed by atoms with Gasteiger partial charge in [0.15, 0.2) is 0 Å². The van der Waals surface area contributed by atoms with Gasteiger partial charge < -0.3 is 16.2 Å². The fraction of sp³-hybridized carbons (Fsp3) is 0.714. The zero-order valence-corrected chi connectivity index (χ0v) is 16.4. The first kappa shape index (κ1) is 21.0. The van der Waals surface area contributed by atoms with E-state index in [0.29, 0.717) is 19.4 Å². The summed E-state index contributed by atoms with van der Waals surface area (Å²) in [5, 5.41) is 13.7. The second-order valence-corrected chi connectivity index (χ2v) is 5.96. The largest absolute Gasteiger partial charge is 0.667 e. The molecule has 0 aliphatic carbocycles. The number of hydrogen-bond donors (Lipinski definition) is 2. The van der Waals surface area contributed by atoms with Crippen LogP contribution in [0.5, 0.6) is 0 Å². The molecule has 0 saturated carbocycles. The number of fused-ring (bicyclic) bond motifs is 1. The molecule has 9 nitrogen and oxygen atoms in total. The van der Waals surface area contributed by atoms with Crippen LogP contribution in [0, 0.1) is 0 Å². The van der Waals surface area contributed by atoms with E-state index < -0.39 is 35.9 Å². The van der Waals surface area contributed by atoms with Crippen LogP contribution in [0.1, 0.15) is 39.0 Å². The molecule has 2 saturated heterocycles. The number of aliphatic carboxylic acids is 1. The van der Waals surface area contributed by atoms with Gasteiger partial charge >= 0.3 is 5.97 Å². The molecule has 2 heterocycles. The summed E-state index contributed by atoms with van der Waals surface area (Å²) in [6, 6.07) is -2.52. The van der Waals surface area contributed by atoms with Crippen molar-refractivity contribution >= 4 is 23.7 Å². The topological polar surface area (TPSA) is 131 Å². The Labute approximate surface area is 165 Å². The van der Waals surface area contributed by atoms with Gasteiger partial charge in [0.2, 0.25) is 17.7 Å². The quantitative estimate of drug-likeness (QED) is 0.664. The number of nitrogens with one attached hydrogen (secondary N) is 2. The maximum absolute atomic E-state index is 12.4. The summed E-state index contributed by atoms with van der Waals surface area (Å²) in [6.45, 7) is 1.92. The van der Waals surface area contributed by atoms with Gasteiger partial charge in [-0.15, -0.1) is 0 Å². The molecule has 0 bridgehead atoms. The number of carbonyl (C=O) groups excluding carboxylic acids is 3. The van der Waals surface area contributed by atoms with Gasteiger partial charge in [-0.05, 0) is 19.8 Å². The van der Waals surface area contributed by atoms with Crippen LogP contribution in [0.4, 0.5) is 0 Å². The minimum absolute atomic E-state index is 0. The summed E-state index contributed by atoms with van der Waals surface area (Å²) in [5.74, 6) is -2.33. The average molecular weight is 414 g/mol. The van der Waals surface area contributed by atoms with Crippen LogP contribution in [-0.2, 0) is 51.9 Å². The summed E-state index contributed by atoms with van der Waals surface area (Å²) in [5.41, 5.74) is 7.82. The van der Waals surface area contributed by atoms with Gasteiger partial charge in [-0.2, -0.15) is 0 Å². The van der Waals surface area contributed by atoms with Gasteiger partial charge in [0.05, 0.1) is 6.42 Å². The fourth-order valence-corrected chi connectivity index (χ4v) is 2.92. The molecule has 2 aliphatic rings. The van der Waals surface area contributed by atoms with E-state index in [1.807, 2.05) is 0 Å². The van der Waals surface area contributed by atoms with Gasteiger partial charge in [0.25, 0.3) is 0 Å². The number of hydrazine groups is 1. The van der Waals surface area contributed by atoms with Crippen molar-refractivity contribution in [2.45, 2.75) is 57.2 Å². The van der Waals surface area contributed by atoms with Crippen molar-refractivity contribution in [2.24, 2.45) is 0 Å². The number of carboxylic acid groups (broad SMARTS) is 1. The second kappa shape index (κ2) is 8.87. The van der Waals surface area contributed by atoms with E-state index in [4.69, 9.17) is 10.8 Å². The van der Waals surface area contributed by atoms with Crippen LogP contribution in [0.3, 0.4) is 0 Å². The van der Waals surface area contributed by atoms with E-state index in [2.05, 4.69) is 5.32 Å². The number of nitrogens with zero attached hydrogens (tertiary/aromatic N) is 2. The van der Waals surface area contributed by atoms with Crippen molar-refractivity contribution in [3.8, 4) is 0 Å². The Morgan fingerprint density at radius 3 is 2.67 bits per heavy atom. The van der Waals surface area contributed by atoms with Gasteiger partial charge in [-0.1, -0.05) is 12.5 Å². The number of carboxylic acids is 1. The van der Waals surface area contributed by atoms with Crippen molar-refractivity contribution in [2.75, 3.05) is 6.54 Å². The zero-order valence-electron chi connectivity index (χ0n) is 13.5. The van der Waals surface area contributed by atoms with Crippen LogP contribution in [-0.4, -0.2) is 63.5 Å². The summed E-state index contributed by atoms with van der Waals surface area (Å²) in [4.78, 5) is 47.6. The van der Waals surface area contributed by atoms with Crippen molar-refractivity contribution in [3.05, 3.63) is 5.73 Å². The number of carbonyl (C=O) groups is 4. The average Bonchev–Trinajstić information content (AvgIpc) is 2.59. The first-order valence-corrected chi connectivity index (χ1v) is 7.68. The normalized spacial score (nSPS) is 25.2. The first-order valence-electron chi connectivity index (χ1n) is 7.68. The molecule has 131 valence electrons. The molecule has 2 fully saturated rings. The third-order valence-corrected chi connectivity index (χ3v) is 4.03. The second-order valence-electron chi connectivity index (χ2n) is 5.96. The molecular weight excluding hydrogens is 393 g/mol. The Hall–Kier alpha value is -1.06. The first-order chi connectivity index (χ1) is 10.8. The number of rotatable bonds is 4. The Morgan fingerprint density at radius 1 is 1.38 bits per heavy atom. The predicted octanol–water partition coefficient (Wildman–Crippen LogP) is -0.0875. The van der Waals surface area contributed by atoms with E-state index in [0.717, 1.165) is 5.01 Å². The third kappa shape index (κ3) is 4.74.